The monoisotopic (exact) mass is 259 g/mol. The molecule has 1 aliphatic rings. The van der Waals surface area contributed by atoms with Gasteiger partial charge in [0.15, 0.2) is 0 Å². The molecule has 1 aliphatic carbocycles. The fourth-order valence-electron chi connectivity index (χ4n) is 2.78. The van der Waals surface area contributed by atoms with Crippen LogP contribution in [0.4, 0.5) is 0 Å². The van der Waals surface area contributed by atoms with Gasteiger partial charge < -0.3 is 4.90 Å². The molecule has 0 bridgehead atoms. The van der Waals surface area contributed by atoms with Gasteiger partial charge in [-0.3, -0.25) is 4.79 Å². The van der Waals surface area contributed by atoms with E-state index in [4.69, 9.17) is 11.6 Å². The Bertz CT molecular complexity index is 272. The number of nitrogens with zero attached hydrogens (tertiary/aromatic N) is 1. The first-order valence-electron chi connectivity index (χ1n) is 6.65. The second-order valence-corrected chi connectivity index (χ2v) is 6.62. The van der Waals surface area contributed by atoms with Crippen LogP contribution in [0.25, 0.3) is 0 Å². The van der Waals surface area contributed by atoms with Crippen LogP contribution in [0.5, 0.6) is 0 Å². The molecule has 0 radical (unpaired) electrons. The Hall–Kier alpha value is -0.240. The summed E-state index contributed by atoms with van der Waals surface area (Å²) in [7, 11) is 0. The van der Waals surface area contributed by atoms with Gasteiger partial charge in [0.1, 0.15) is 0 Å². The van der Waals surface area contributed by atoms with Gasteiger partial charge in [0.25, 0.3) is 0 Å². The van der Waals surface area contributed by atoms with Gasteiger partial charge in [0.05, 0.1) is 0 Å². The van der Waals surface area contributed by atoms with E-state index in [1.807, 2.05) is 4.90 Å². The molecule has 0 unspecified atom stereocenters. The van der Waals surface area contributed by atoms with Crippen LogP contribution < -0.4 is 0 Å². The van der Waals surface area contributed by atoms with Crippen molar-refractivity contribution in [1.82, 2.24) is 4.90 Å². The van der Waals surface area contributed by atoms with Crippen LogP contribution in [-0.4, -0.2) is 29.8 Å². The maximum atomic E-state index is 12.5. The number of carbonyl (C=O) groups is 1. The fraction of sp³-hybridized carbons (Fsp3) is 0.929. The van der Waals surface area contributed by atoms with Gasteiger partial charge in [-0.15, -0.1) is 11.6 Å². The molecule has 0 N–H and O–H groups in total. The van der Waals surface area contributed by atoms with Crippen LogP contribution in [0.1, 0.15) is 47.5 Å². The number of carbonyl (C=O) groups excluding carboxylic acids is 1. The average molecular weight is 260 g/mol. The summed E-state index contributed by atoms with van der Waals surface area (Å²) in [5.41, 5.74) is 0.252. The molecule has 0 aromatic carbocycles. The second-order valence-electron chi connectivity index (χ2n) is 6.24. The van der Waals surface area contributed by atoms with Crippen molar-refractivity contribution >= 4 is 17.5 Å². The third kappa shape index (κ3) is 2.62. The number of hydrogen-bond donors (Lipinski definition) is 0. The second kappa shape index (κ2) is 5.17. The van der Waals surface area contributed by atoms with Crippen molar-refractivity contribution in [3.8, 4) is 0 Å². The first-order chi connectivity index (χ1) is 7.80. The summed E-state index contributed by atoms with van der Waals surface area (Å²) in [5.74, 6) is 0.993. The summed E-state index contributed by atoms with van der Waals surface area (Å²) >= 11 is 5.79. The van der Waals surface area contributed by atoms with Gasteiger partial charge in [-0.1, -0.05) is 41.0 Å². The third-order valence-corrected chi connectivity index (χ3v) is 4.88. The maximum absolute atomic E-state index is 12.5. The summed E-state index contributed by atoms with van der Waals surface area (Å²) in [6.07, 6.45) is 2.18. The van der Waals surface area contributed by atoms with Crippen LogP contribution in [0.3, 0.4) is 0 Å². The Labute approximate surface area is 111 Å². The quantitative estimate of drug-likeness (QED) is 0.668. The first kappa shape index (κ1) is 14.8. The summed E-state index contributed by atoms with van der Waals surface area (Å²) < 4.78 is 0. The highest BCUT2D eigenvalue weighted by atomic mass is 35.5. The minimum Gasteiger partial charge on any atom is -0.341 e. The minimum absolute atomic E-state index is 0.126. The van der Waals surface area contributed by atoms with Crippen LogP contribution >= 0.6 is 11.6 Å². The van der Waals surface area contributed by atoms with Crippen LogP contribution in [-0.2, 0) is 4.79 Å². The number of halogens is 1. The van der Waals surface area contributed by atoms with Crippen molar-refractivity contribution in [1.29, 1.82) is 0 Å². The minimum atomic E-state index is 0.126. The molecule has 0 heterocycles. The van der Waals surface area contributed by atoms with Crippen LogP contribution in [0, 0.1) is 16.7 Å². The predicted octanol–water partition coefficient (Wildman–Crippen LogP) is 3.54. The number of hydrogen-bond acceptors (Lipinski definition) is 1. The lowest BCUT2D eigenvalue weighted by Gasteiger charge is -2.22. The van der Waals surface area contributed by atoms with Crippen LogP contribution in [0.15, 0.2) is 0 Å². The Morgan fingerprint density at radius 2 is 1.71 bits per heavy atom. The number of unbranched alkanes of at least 4 members (excludes halogenated alkanes) is 1. The van der Waals surface area contributed by atoms with Gasteiger partial charge >= 0.3 is 0 Å². The average Bonchev–Trinajstić information content (AvgIpc) is 2.63. The zero-order valence-corrected chi connectivity index (χ0v) is 12.6. The molecular formula is C14H26ClNO. The molecule has 0 aliphatic heterocycles. The van der Waals surface area contributed by atoms with E-state index in [1.54, 1.807) is 0 Å². The Morgan fingerprint density at radius 3 is 2.06 bits per heavy atom. The summed E-state index contributed by atoms with van der Waals surface area (Å²) in [4.78, 5) is 14.5. The smallest absolute Gasteiger partial charge is 0.226 e. The maximum Gasteiger partial charge on any atom is 0.226 e. The summed E-state index contributed by atoms with van der Waals surface area (Å²) in [6.45, 7) is 12.4. The molecule has 1 saturated carbocycles. The van der Waals surface area contributed by atoms with Crippen molar-refractivity contribution in [3.05, 3.63) is 0 Å². The highest BCUT2D eigenvalue weighted by Gasteiger charge is 2.68. The summed E-state index contributed by atoms with van der Waals surface area (Å²) in [6, 6.07) is 0. The molecule has 0 saturated heterocycles. The third-order valence-electron chi connectivity index (χ3n) is 4.72. The van der Waals surface area contributed by atoms with E-state index in [9.17, 15) is 4.79 Å². The molecule has 0 atom stereocenters. The Kier molecular flexibility index (Phi) is 4.51. The van der Waals surface area contributed by atoms with Crippen molar-refractivity contribution < 1.29 is 4.79 Å². The number of rotatable bonds is 6. The van der Waals surface area contributed by atoms with Crippen molar-refractivity contribution in [2.75, 3.05) is 19.0 Å². The molecule has 3 heteroatoms. The SMILES string of the molecule is CCCCN(CCCl)C(=O)C1C(C)(C)C1(C)C. The van der Waals surface area contributed by atoms with E-state index in [0.717, 1.165) is 19.4 Å². The van der Waals surface area contributed by atoms with Crippen molar-refractivity contribution in [3.63, 3.8) is 0 Å². The van der Waals surface area contributed by atoms with E-state index in [1.165, 1.54) is 0 Å². The van der Waals surface area contributed by atoms with Gasteiger partial charge in [-0.05, 0) is 17.3 Å². The van der Waals surface area contributed by atoms with Crippen LogP contribution in [0.2, 0.25) is 0 Å². The van der Waals surface area contributed by atoms with E-state index in [-0.39, 0.29) is 16.7 Å². The Balaban J connectivity index is 2.67. The first-order valence-corrected chi connectivity index (χ1v) is 7.19. The molecule has 1 rings (SSSR count). The fourth-order valence-corrected chi connectivity index (χ4v) is 2.98. The molecule has 2 nitrogen and oxygen atoms in total. The molecule has 1 amide bonds. The standard InChI is InChI=1S/C14H26ClNO/c1-6-7-9-16(10-8-15)12(17)11-13(2,3)14(11,4)5/h11H,6-10H2,1-5H3. The normalized spacial score (nSPS) is 21.3. The van der Waals surface area contributed by atoms with E-state index < -0.39 is 0 Å². The van der Waals surface area contributed by atoms with Gasteiger partial charge in [0.2, 0.25) is 5.91 Å². The van der Waals surface area contributed by atoms with Gasteiger partial charge in [-0.25, -0.2) is 0 Å². The van der Waals surface area contributed by atoms with E-state index >= 15 is 0 Å². The lowest BCUT2D eigenvalue weighted by atomic mass is 10.0. The summed E-state index contributed by atoms with van der Waals surface area (Å²) in [5, 5.41) is 0. The van der Waals surface area contributed by atoms with E-state index in [2.05, 4.69) is 34.6 Å². The molecule has 1 fully saturated rings. The molecule has 0 aromatic heterocycles. The van der Waals surface area contributed by atoms with Gasteiger partial charge in [0, 0.05) is 24.9 Å². The van der Waals surface area contributed by atoms with Gasteiger partial charge in [-0.2, -0.15) is 0 Å². The lowest BCUT2D eigenvalue weighted by Crippen LogP contribution is -2.36. The zero-order valence-electron chi connectivity index (χ0n) is 11.8. The molecule has 0 spiro atoms. The van der Waals surface area contributed by atoms with E-state index in [0.29, 0.717) is 18.3 Å². The lowest BCUT2D eigenvalue weighted by molar-refractivity contribution is -0.133. The molecule has 17 heavy (non-hydrogen) atoms. The molecule has 0 aromatic rings. The number of amides is 1. The highest BCUT2D eigenvalue weighted by molar-refractivity contribution is 6.18. The topological polar surface area (TPSA) is 20.3 Å². The molecule has 100 valence electrons. The van der Waals surface area contributed by atoms with Crippen molar-refractivity contribution in [2.45, 2.75) is 47.5 Å². The zero-order chi connectivity index (χ0) is 13.3. The largest absolute Gasteiger partial charge is 0.341 e. The Morgan fingerprint density at radius 1 is 1.18 bits per heavy atom. The van der Waals surface area contributed by atoms with Crippen molar-refractivity contribution in [2.24, 2.45) is 16.7 Å². The highest BCUT2D eigenvalue weighted by Crippen LogP contribution is 2.68. The number of alkyl halides is 1. The predicted molar refractivity (Wildman–Crippen MR) is 73.3 cm³/mol. The molecular weight excluding hydrogens is 234 g/mol.